The average Bonchev–Trinajstić information content (AvgIpc) is 3.35. The molecule has 28 heavy (non-hydrogen) atoms. The number of carbonyl (C=O) groups is 1. The van der Waals surface area contributed by atoms with Crippen LogP contribution in [0.15, 0.2) is 0 Å². The highest BCUT2D eigenvalue weighted by Gasteiger charge is 2.34. The summed E-state index contributed by atoms with van der Waals surface area (Å²) in [6.45, 7) is 5.44. The first-order valence-corrected chi connectivity index (χ1v) is 11.4. The molecule has 156 valence electrons. The molecule has 2 heterocycles. The first kappa shape index (κ1) is 19.9. The van der Waals surface area contributed by atoms with Gasteiger partial charge in [0.25, 0.3) is 5.91 Å². The fourth-order valence-electron chi connectivity index (χ4n) is 5.22. The van der Waals surface area contributed by atoms with Crippen LogP contribution in [-0.2, 0) is 19.4 Å². The van der Waals surface area contributed by atoms with Gasteiger partial charge in [-0.15, -0.1) is 0 Å². The van der Waals surface area contributed by atoms with Crippen LogP contribution in [0.1, 0.15) is 86.5 Å². The SMILES string of the molecule is CCCn1nc(C(=O)N2CCCC2)c2c1CCC(NCC1(O)CCCCC1)C2. The molecular weight excluding hydrogens is 352 g/mol. The highest BCUT2D eigenvalue weighted by atomic mass is 16.3. The zero-order valence-electron chi connectivity index (χ0n) is 17.4. The average molecular weight is 389 g/mol. The Morgan fingerprint density at radius 2 is 1.96 bits per heavy atom. The lowest BCUT2D eigenvalue weighted by molar-refractivity contribution is 0.00227. The number of aromatic nitrogens is 2. The topological polar surface area (TPSA) is 70.4 Å². The molecule has 1 aromatic heterocycles. The van der Waals surface area contributed by atoms with Gasteiger partial charge in [0.15, 0.2) is 5.69 Å². The van der Waals surface area contributed by atoms with Crippen molar-refractivity contribution in [1.82, 2.24) is 20.0 Å². The van der Waals surface area contributed by atoms with Crippen LogP contribution in [0, 0.1) is 0 Å². The second kappa shape index (κ2) is 8.54. The highest BCUT2D eigenvalue weighted by Crippen LogP contribution is 2.30. The number of nitrogens with zero attached hydrogens (tertiary/aromatic N) is 3. The van der Waals surface area contributed by atoms with Gasteiger partial charge in [-0.1, -0.05) is 26.2 Å². The Kier molecular flexibility index (Phi) is 6.07. The number of aliphatic hydroxyl groups is 1. The minimum absolute atomic E-state index is 0.121. The number of aryl methyl sites for hydroxylation is 1. The maximum atomic E-state index is 13.1. The van der Waals surface area contributed by atoms with Crippen LogP contribution in [-0.4, -0.2) is 57.0 Å². The fourth-order valence-corrected chi connectivity index (χ4v) is 5.22. The van der Waals surface area contributed by atoms with E-state index in [1.54, 1.807) is 0 Å². The molecule has 1 atom stereocenters. The summed E-state index contributed by atoms with van der Waals surface area (Å²) >= 11 is 0. The van der Waals surface area contributed by atoms with Crippen molar-refractivity contribution >= 4 is 5.91 Å². The molecule has 3 aliphatic rings. The number of hydrogen-bond acceptors (Lipinski definition) is 4. The molecule has 2 N–H and O–H groups in total. The van der Waals surface area contributed by atoms with Gasteiger partial charge in [-0.3, -0.25) is 9.48 Å². The van der Waals surface area contributed by atoms with Crippen molar-refractivity contribution in [3.63, 3.8) is 0 Å². The monoisotopic (exact) mass is 388 g/mol. The summed E-state index contributed by atoms with van der Waals surface area (Å²) in [4.78, 5) is 15.1. The van der Waals surface area contributed by atoms with E-state index in [1.807, 2.05) is 4.90 Å². The lowest BCUT2D eigenvalue weighted by atomic mass is 9.84. The normalized spacial score (nSPS) is 24.4. The predicted octanol–water partition coefficient (Wildman–Crippen LogP) is 2.67. The molecule has 1 aliphatic heterocycles. The summed E-state index contributed by atoms with van der Waals surface area (Å²) in [6, 6.07) is 0.322. The second-order valence-corrected chi connectivity index (χ2v) is 9.10. The van der Waals surface area contributed by atoms with E-state index in [0.717, 1.165) is 89.4 Å². The fraction of sp³-hybridized carbons (Fsp3) is 0.818. The second-order valence-electron chi connectivity index (χ2n) is 9.10. The van der Waals surface area contributed by atoms with Crippen LogP contribution in [0.4, 0.5) is 0 Å². The lowest BCUT2D eigenvalue weighted by Gasteiger charge is -2.35. The van der Waals surface area contributed by atoms with Gasteiger partial charge in [-0.25, -0.2) is 0 Å². The smallest absolute Gasteiger partial charge is 0.274 e. The Labute approximate surface area is 168 Å². The van der Waals surface area contributed by atoms with Crippen molar-refractivity contribution in [1.29, 1.82) is 0 Å². The number of carbonyl (C=O) groups excluding carboxylic acids is 1. The van der Waals surface area contributed by atoms with Crippen LogP contribution >= 0.6 is 0 Å². The molecule has 2 fully saturated rings. The van der Waals surface area contributed by atoms with Crippen molar-refractivity contribution in [2.24, 2.45) is 0 Å². The number of likely N-dealkylation sites (tertiary alicyclic amines) is 1. The standard InChI is InChI=1S/C22H36N4O2/c1-2-12-26-19-9-8-17(23-16-22(28)10-4-3-5-11-22)15-18(19)20(24-26)21(27)25-13-6-7-14-25/h17,23,28H,2-16H2,1H3. The minimum atomic E-state index is -0.543. The van der Waals surface area contributed by atoms with Crippen molar-refractivity contribution in [3.05, 3.63) is 17.0 Å². The van der Waals surface area contributed by atoms with Crippen molar-refractivity contribution in [2.45, 2.75) is 95.7 Å². The van der Waals surface area contributed by atoms with Crippen LogP contribution in [0.5, 0.6) is 0 Å². The molecule has 6 nitrogen and oxygen atoms in total. The molecule has 1 saturated carbocycles. The molecule has 4 rings (SSSR count). The molecule has 1 saturated heterocycles. The molecule has 0 spiro atoms. The molecule has 0 bridgehead atoms. The number of fused-ring (bicyclic) bond motifs is 1. The molecule has 0 aromatic carbocycles. The third kappa shape index (κ3) is 4.13. The maximum absolute atomic E-state index is 13.1. The Balaban J connectivity index is 1.48. The van der Waals surface area contributed by atoms with E-state index >= 15 is 0 Å². The van der Waals surface area contributed by atoms with Crippen LogP contribution in [0.2, 0.25) is 0 Å². The first-order valence-electron chi connectivity index (χ1n) is 11.4. The zero-order chi connectivity index (χ0) is 19.6. The zero-order valence-corrected chi connectivity index (χ0v) is 17.4. The molecular formula is C22H36N4O2. The van der Waals surface area contributed by atoms with E-state index in [4.69, 9.17) is 5.10 Å². The molecule has 6 heteroatoms. The van der Waals surface area contributed by atoms with Gasteiger partial charge in [0.1, 0.15) is 0 Å². The number of nitrogens with one attached hydrogen (secondary N) is 1. The summed E-state index contributed by atoms with van der Waals surface area (Å²) < 4.78 is 2.09. The third-order valence-electron chi connectivity index (χ3n) is 6.88. The molecule has 1 aromatic rings. The quantitative estimate of drug-likeness (QED) is 0.786. The van der Waals surface area contributed by atoms with Gasteiger partial charge in [0.05, 0.1) is 5.60 Å². The van der Waals surface area contributed by atoms with E-state index < -0.39 is 5.60 Å². The van der Waals surface area contributed by atoms with E-state index in [2.05, 4.69) is 16.9 Å². The number of rotatable bonds is 6. The minimum Gasteiger partial charge on any atom is -0.389 e. The van der Waals surface area contributed by atoms with Crippen molar-refractivity contribution < 1.29 is 9.90 Å². The van der Waals surface area contributed by atoms with Crippen LogP contribution < -0.4 is 5.32 Å². The Morgan fingerprint density at radius 1 is 1.21 bits per heavy atom. The van der Waals surface area contributed by atoms with E-state index in [0.29, 0.717) is 18.3 Å². The van der Waals surface area contributed by atoms with E-state index in [9.17, 15) is 9.90 Å². The summed E-state index contributed by atoms with van der Waals surface area (Å²) in [6.07, 6.45) is 11.4. The summed E-state index contributed by atoms with van der Waals surface area (Å²) in [5.41, 5.74) is 2.57. The Hall–Kier alpha value is -1.40. The van der Waals surface area contributed by atoms with E-state index in [-0.39, 0.29) is 5.91 Å². The highest BCUT2D eigenvalue weighted by molar-refractivity contribution is 5.94. The maximum Gasteiger partial charge on any atom is 0.274 e. The first-order chi connectivity index (χ1) is 13.6. The Bertz CT molecular complexity index is 687. The molecule has 2 aliphatic carbocycles. The Morgan fingerprint density at radius 3 is 2.68 bits per heavy atom. The van der Waals surface area contributed by atoms with E-state index in [1.165, 1.54) is 12.1 Å². The van der Waals surface area contributed by atoms with Crippen LogP contribution in [0.3, 0.4) is 0 Å². The number of amides is 1. The predicted molar refractivity (Wildman–Crippen MR) is 110 cm³/mol. The van der Waals surface area contributed by atoms with Gasteiger partial charge in [0, 0.05) is 43.5 Å². The number of hydrogen-bond donors (Lipinski definition) is 2. The molecule has 0 radical (unpaired) electrons. The summed E-state index contributed by atoms with van der Waals surface area (Å²) in [7, 11) is 0. The van der Waals surface area contributed by atoms with Gasteiger partial charge in [-0.05, 0) is 51.4 Å². The summed E-state index contributed by atoms with van der Waals surface area (Å²) in [5.74, 6) is 0.121. The van der Waals surface area contributed by atoms with Gasteiger partial charge < -0.3 is 15.3 Å². The largest absolute Gasteiger partial charge is 0.389 e. The van der Waals surface area contributed by atoms with Crippen molar-refractivity contribution in [2.75, 3.05) is 19.6 Å². The summed E-state index contributed by atoms with van der Waals surface area (Å²) in [5, 5.41) is 19.2. The lowest BCUT2D eigenvalue weighted by Crippen LogP contribution is -2.47. The molecule has 1 unspecified atom stereocenters. The van der Waals surface area contributed by atoms with Gasteiger partial charge in [-0.2, -0.15) is 5.10 Å². The molecule has 1 amide bonds. The van der Waals surface area contributed by atoms with Crippen LogP contribution in [0.25, 0.3) is 0 Å². The van der Waals surface area contributed by atoms with Gasteiger partial charge in [0.2, 0.25) is 0 Å². The van der Waals surface area contributed by atoms with Gasteiger partial charge >= 0.3 is 0 Å². The third-order valence-corrected chi connectivity index (χ3v) is 6.88. The van der Waals surface area contributed by atoms with Crippen molar-refractivity contribution in [3.8, 4) is 0 Å².